The standard InChI is InChI=1S/C14H26N2O2/c1-4-10(2)16(7-8-18-3)14(17)12-9-11-5-6-13(12)15-11/h10-13,15H,4-9H2,1-3H3. The molecule has 0 aromatic carbocycles. The second-order valence-electron chi connectivity index (χ2n) is 5.67. The van der Waals surface area contributed by atoms with Gasteiger partial charge in [-0.15, -0.1) is 0 Å². The van der Waals surface area contributed by atoms with E-state index in [1.54, 1.807) is 7.11 Å². The van der Waals surface area contributed by atoms with E-state index in [0.29, 0.717) is 30.6 Å². The summed E-state index contributed by atoms with van der Waals surface area (Å²) >= 11 is 0. The molecule has 104 valence electrons. The molecule has 0 spiro atoms. The fourth-order valence-corrected chi connectivity index (χ4v) is 3.27. The van der Waals surface area contributed by atoms with Gasteiger partial charge in [0, 0.05) is 31.8 Å². The highest BCUT2D eigenvalue weighted by Gasteiger charge is 2.44. The van der Waals surface area contributed by atoms with E-state index in [2.05, 4.69) is 19.2 Å². The number of ether oxygens (including phenoxy) is 1. The SMILES string of the molecule is CCC(C)N(CCOC)C(=O)C1CC2CCC1N2. The number of nitrogens with one attached hydrogen (secondary N) is 1. The molecule has 2 saturated heterocycles. The summed E-state index contributed by atoms with van der Waals surface area (Å²) in [4.78, 5) is 14.7. The number of amides is 1. The average Bonchev–Trinajstić information content (AvgIpc) is 3.00. The zero-order valence-electron chi connectivity index (χ0n) is 11.8. The van der Waals surface area contributed by atoms with E-state index in [-0.39, 0.29) is 5.92 Å². The van der Waals surface area contributed by atoms with Crippen molar-refractivity contribution in [2.45, 2.75) is 57.7 Å². The summed E-state index contributed by atoms with van der Waals surface area (Å²) in [5.74, 6) is 0.538. The molecule has 1 N–H and O–H groups in total. The number of fused-ring (bicyclic) bond motifs is 2. The van der Waals surface area contributed by atoms with Crippen LogP contribution in [-0.2, 0) is 9.53 Å². The van der Waals surface area contributed by atoms with Gasteiger partial charge < -0.3 is 15.0 Å². The lowest BCUT2D eigenvalue weighted by Crippen LogP contribution is -2.46. The molecule has 2 fully saturated rings. The summed E-state index contributed by atoms with van der Waals surface area (Å²) in [6.45, 7) is 5.62. The number of hydrogen-bond donors (Lipinski definition) is 1. The van der Waals surface area contributed by atoms with Gasteiger partial charge in [-0.2, -0.15) is 0 Å². The minimum absolute atomic E-state index is 0.203. The third kappa shape index (κ3) is 2.69. The van der Waals surface area contributed by atoms with Crippen molar-refractivity contribution in [1.82, 2.24) is 10.2 Å². The van der Waals surface area contributed by atoms with E-state index in [1.807, 2.05) is 4.90 Å². The van der Waals surface area contributed by atoms with Gasteiger partial charge in [-0.3, -0.25) is 4.79 Å². The molecule has 2 aliphatic rings. The quantitative estimate of drug-likeness (QED) is 0.779. The Balaban J connectivity index is 1.98. The molecule has 4 atom stereocenters. The highest BCUT2D eigenvalue weighted by molar-refractivity contribution is 5.80. The zero-order valence-corrected chi connectivity index (χ0v) is 11.8. The fourth-order valence-electron chi connectivity index (χ4n) is 3.27. The second-order valence-corrected chi connectivity index (χ2v) is 5.67. The maximum Gasteiger partial charge on any atom is 0.227 e. The van der Waals surface area contributed by atoms with E-state index >= 15 is 0 Å². The minimum Gasteiger partial charge on any atom is -0.383 e. The monoisotopic (exact) mass is 254 g/mol. The molecular weight excluding hydrogens is 228 g/mol. The van der Waals surface area contributed by atoms with Crippen LogP contribution < -0.4 is 5.32 Å². The van der Waals surface area contributed by atoms with Gasteiger partial charge in [0.1, 0.15) is 0 Å². The van der Waals surface area contributed by atoms with E-state index in [1.165, 1.54) is 12.8 Å². The van der Waals surface area contributed by atoms with Gasteiger partial charge in [0.15, 0.2) is 0 Å². The van der Waals surface area contributed by atoms with Gasteiger partial charge in [0.05, 0.1) is 12.5 Å². The van der Waals surface area contributed by atoms with Crippen molar-refractivity contribution in [2.24, 2.45) is 5.92 Å². The van der Waals surface area contributed by atoms with E-state index in [0.717, 1.165) is 19.4 Å². The highest BCUT2D eigenvalue weighted by atomic mass is 16.5. The smallest absolute Gasteiger partial charge is 0.227 e. The predicted molar refractivity (Wildman–Crippen MR) is 71.4 cm³/mol. The molecule has 0 radical (unpaired) electrons. The van der Waals surface area contributed by atoms with Crippen LogP contribution >= 0.6 is 0 Å². The molecular formula is C14H26N2O2. The number of nitrogens with zero attached hydrogens (tertiary/aromatic N) is 1. The van der Waals surface area contributed by atoms with E-state index < -0.39 is 0 Å². The number of methoxy groups -OCH3 is 1. The number of carbonyl (C=O) groups is 1. The Morgan fingerprint density at radius 1 is 1.50 bits per heavy atom. The Kier molecular flexibility index (Phi) is 4.62. The molecule has 0 aromatic heterocycles. The summed E-state index contributed by atoms with van der Waals surface area (Å²) in [5.41, 5.74) is 0. The summed E-state index contributed by atoms with van der Waals surface area (Å²) in [7, 11) is 1.69. The Labute approximate surface area is 110 Å². The molecule has 4 heteroatoms. The second kappa shape index (κ2) is 6.02. The Bertz CT molecular complexity index is 296. The largest absolute Gasteiger partial charge is 0.383 e. The molecule has 2 bridgehead atoms. The van der Waals surface area contributed by atoms with Crippen LogP contribution in [0, 0.1) is 5.92 Å². The number of carbonyl (C=O) groups excluding carboxylic acids is 1. The van der Waals surface area contributed by atoms with Crippen LogP contribution in [0.5, 0.6) is 0 Å². The van der Waals surface area contributed by atoms with Crippen molar-refractivity contribution in [3.05, 3.63) is 0 Å². The van der Waals surface area contributed by atoms with Crippen molar-refractivity contribution >= 4 is 5.91 Å². The molecule has 18 heavy (non-hydrogen) atoms. The lowest BCUT2D eigenvalue weighted by molar-refractivity contribution is -0.139. The number of hydrogen-bond acceptors (Lipinski definition) is 3. The van der Waals surface area contributed by atoms with Gasteiger partial charge in [0.25, 0.3) is 0 Å². The van der Waals surface area contributed by atoms with Gasteiger partial charge in [-0.25, -0.2) is 0 Å². The molecule has 4 nitrogen and oxygen atoms in total. The Morgan fingerprint density at radius 2 is 2.28 bits per heavy atom. The van der Waals surface area contributed by atoms with Gasteiger partial charge in [-0.1, -0.05) is 6.92 Å². The van der Waals surface area contributed by atoms with Gasteiger partial charge in [0.2, 0.25) is 5.91 Å². The Hall–Kier alpha value is -0.610. The van der Waals surface area contributed by atoms with Gasteiger partial charge in [-0.05, 0) is 32.6 Å². The van der Waals surface area contributed by atoms with Crippen molar-refractivity contribution < 1.29 is 9.53 Å². The maximum atomic E-state index is 12.7. The zero-order chi connectivity index (χ0) is 13.1. The van der Waals surface area contributed by atoms with Crippen LogP contribution in [0.15, 0.2) is 0 Å². The van der Waals surface area contributed by atoms with E-state index in [4.69, 9.17) is 4.74 Å². The van der Waals surface area contributed by atoms with Crippen LogP contribution in [-0.4, -0.2) is 49.2 Å². The lowest BCUT2D eigenvalue weighted by Gasteiger charge is -2.33. The molecule has 2 heterocycles. The molecule has 2 rings (SSSR count). The average molecular weight is 254 g/mol. The first-order chi connectivity index (χ1) is 8.67. The molecule has 0 saturated carbocycles. The number of rotatable bonds is 6. The van der Waals surface area contributed by atoms with Crippen LogP contribution in [0.3, 0.4) is 0 Å². The molecule has 0 aliphatic carbocycles. The Morgan fingerprint density at radius 3 is 2.78 bits per heavy atom. The molecule has 4 unspecified atom stereocenters. The highest BCUT2D eigenvalue weighted by Crippen LogP contribution is 2.34. The van der Waals surface area contributed by atoms with Crippen LogP contribution in [0.4, 0.5) is 0 Å². The maximum absolute atomic E-state index is 12.7. The van der Waals surface area contributed by atoms with Crippen molar-refractivity contribution in [2.75, 3.05) is 20.3 Å². The first kappa shape index (κ1) is 13.8. The molecule has 2 aliphatic heterocycles. The first-order valence-electron chi connectivity index (χ1n) is 7.22. The van der Waals surface area contributed by atoms with Gasteiger partial charge >= 0.3 is 0 Å². The van der Waals surface area contributed by atoms with E-state index in [9.17, 15) is 4.79 Å². The van der Waals surface area contributed by atoms with Crippen LogP contribution in [0.1, 0.15) is 39.5 Å². The fraction of sp³-hybridized carbons (Fsp3) is 0.929. The third-order valence-electron chi connectivity index (χ3n) is 4.56. The molecule has 0 aromatic rings. The molecule has 1 amide bonds. The van der Waals surface area contributed by atoms with Crippen LogP contribution in [0.2, 0.25) is 0 Å². The summed E-state index contributed by atoms with van der Waals surface area (Å²) in [6.07, 6.45) is 4.45. The van der Waals surface area contributed by atoms with Crippen molar-refractivity contribution in [1.29, 1.82) is 0 Å². The predicted octanol–water partition coefficient (Wildman–Crippen LogP) is 1.40. The van der Waals surface area contributed by atoms with Crippen molar-refractivity contribution in [3.63, 3.8) is 0 Å². The van der Waals surface area contributed by atoms with Crippen molar-refractivity contribution in [3.8, 4) is 0 Å². The lowest BCUT2D eigenvalue weighted by atomic mass is 9.87. The summed E-state index contributed by atoms with van der Waals surface area (Å²) in [6, 6.07) is 1.33. The normalized spacial score (nSPS) is 31.6. The first-order valence-corrected chi connectivity index (χ1v) is 7.22. The topological polar surface area (TPSA) is 41.6 Å². The minimum atomic E-state index is 0.203. The summed E-state index contributed by atoms with van der Waals surface area (Å²) < 4.78 is 5.13. The van der Waals surface area contributed by atoms with Crippen LogP contribution in [0.25, 0.3) is 0 Å². The third-order valence-corrected chi connectivity index (χ3v) is 4.56. The summed E-state index contributed by atoms with van der Waals surface area (Å²) in [5, 5.41) is 3.55.